The summed E-state index contributed by atoms with van der Waals surface area (Å²) < 4.78 is 14.1. The number of hydrogen-bond acceptors (Lipinski definition) is 5. The second kappa shape index (κ2) is 7.49. The van der Waals surface area contributed by atoms with Crippen LogP contribution in [0.15, 0.2) is 30.6 Å². The average Bonchev–Trinajstić information content (AvgIpc) is 2.59. The first kappa shape index (κ1) is 17.8. The van der Waals surface area contributed by atoms with E-state index in [1.807, 2.05) is 0 Å². The van der Waals surface area contributed by atoms with Gasteiger partial charge >= 0.3 is 5.97 Å². The van der Waals surface area contributed by atoms with Gasteiger partial charge in [0.2, 0.25) is 0 Å². The molecule has 0 aliphatic carbocycles. The summed E-state index contributed by atoms with van der Waals surface area (Å²) in [7, 11) is 0. The molecule has 1 aliphatic rings. The highest BCUT2D eigenvalue weighted by molar-refractivity contribution is 6.01. The SMILES string of the molecule is Cc1ccc(Nc2cncc3c2C(=O)N(OCCC(=O)O)CC3)c(F)c1. The van der Waals surface area contributed by atoms with Gasteiger partial charge < -0.3 is 10.4 Å². The number of halogens is 1. The topological polar surface area (TPSA) is 91.8 Å². The van der Waals surface area contributed by atoms with Crippen molar-refractivity contribution >= 4 is 23.3 Å². The molecule has 0 bridgehead atoms. The zero-order chi connectivity index (χ0) is 18.7. The first-order valence-corrected chi connectivity index (χ1v) is 8.12. The molecule has 0 saturated carbocycles. The van der Waals surface area contributed by atoms with Gasteiger partial charge in [0.1, 0.15) is 5.82 Å². The van der Waals surface area contributed by atoms with E-state index >= 15 is 0 Å². The van der Waals surface area contributed by atoms with Crippen molar-refractivity contribution in [3.8, 4) is 0 Å². The van der Waals surface area contributed by atoms with Crippen LogP contribution in [0, 0.1) is 12.7 Å². The van der Waals surface area contributed by atoms with Crippen LogP contribution in [-0.4, -0.2) is 40.2 Å². The van der Waals surface area contributed by atoms with Crippen LogP contribution in [-0.2, 0) is 16.1 Å². The number of carbonyl (C=O) groups is 2. The zero-order valence-corrected chi connectivity index (χ0v) is 14.2. The van der Waals surface area contributed by atoms with Gasteiger partial charge in [-0.15, -0.1) is 0 Å². The summed E-state index contributed by atoms with van der Waals surface area (Å²) in [5.74, 6) is -1.84. The van der Waals surface area contributed by atoms with Crippen LogP contribution in [0.1, 0.15) is 27.9 Å². The number of aryl methyl sites for hydroxylation is 1. The molecule has 136 valence electrons. The van der Waals surface area contributed by atoms with Crippen LogP contribution < -0.4 is 5.32 Å². The molecule has 7 nitrogen and oxygen atoms in total. The van der Waals surface area contributed by atoms with Crippen molar-refractivity contribution in [2.45, 2.75) is 19.8 Å². The molecule has 2 aromatic rings. The van der Waals surface area contributed by atoms with E-state index in [1.54, 1.807) is 25.3 Å². The number of nitrogens with one attached hydrogen (secondary N) is 1. The maximum absolute atomic E-state index is 14.1. The van der Waals surface area contributed by atoms with E-state index in [-0.39, 0.29) is 18.7 Å². The Balaban J connectivity index is 1.84. The fourth-order valence-corrected chi connectivity index (χ4v) is 2.72. The third-order valence-corrected chi connectivity index (χ3v) is 4.01. The Bertz CT molecular complexity index is 856. The largest absolute Gasteiger partial charge is 0.481 e. The fourth-order valence-electron chi connectivity index (χ4n) is 2.72. The molecule has 0 spiro atoms. The number of aliphatic carboxylic acids is 1. The highest BCUT2D eigenvalue weighted by atomic mass is 19.1. The van der Waals surface area contributed by atoms with Gasteiger partial charge in [0.05, 0.1) is 42.7 Å². The Morgan fingerprint density at radius 1 is 1.38 bits per heavy atom. The Morgan fingerprint density at radius 3 is 2.92 bits per heavy atom. The number of hydrogen-bond donors (Lipinski definition) is 2. The Hall–Kier alpha value is -3.00. The number of carboxylic acids is 1. The van der Waals surface area contributed by atoms with Gasteiger partial charge in [0, 0.05) is 6.20 Å². The maximum atomic E-state index is 14.1. The number of carbonyl (C=O) groups excluding carboxylic acids is 1. The van der Waals surface area contributed by atoms with E-state index < -0.39 is 17.7 Å². The minimum absolute atomic E-state index is 0.100. The summed E-state index contributed by atoms with van der Waals surface area (Å²) in [5, 5.41) is 12.7. The number of rotatable bonds is 6. The number of nitrogens with zero attached hydrogens (tertiary/aromatic N) is 2. The van der Waals surface area contributed by atoms with Gasteiger partial charge in [0.15, 0.2) is 0 Å². The van der Waals surface area contributed by atoms with E-state index in [0.717, 1.165) is 16.2 Å². The van der Waals surface area contributed by atoms with Gasteiger partial charge in [-0.1, -0.05) is 6.07 Å². The fraction of sp³-hybridized carbons (Fsp3) is 0.278. The first-order chi connectivity index (χ1) is 12.5. The lowest BCUT2D eigenvalue weighted by Crippen LogP contribution is -2.38. The third-order valence-electron chi connectivity index (χ3n) is 4.01. The standard InChI is InChI=1S/C18H18FN3O4/c1-11-2-3-14(13(19)8-11)21-15-10-20-9-12-4-6-22(18(25)17(12)15)26-7-5-16(23)24/h2-3,8-10,21H,4-7H2,1H3,(H,23,24). The molecule has 0 unspecified atom stereocenters. The molecular formula is C18H18FN3O4. The van der Waals surface area contributed by atoms with Gasteiger partial charge in [-0.2, -0.15) is 0 Å². The molecule has 0 fully saturated rings. The predicted molar refractivity (Wildman–Crippen MR) is 91.6 cm³/mol. The van der Waals surface area contributed by atoms with Crippen molar-refractivity contribution in [2.75, 3.05) is 18.5 Å². The second-order valence-corrected chi connectivity index (χ2v) is 5.96. The van der Waals surface area contributed by atoms with Crippen molar-refractivity contribution in [2.24, 2.45) is 0 Å². The lowest BCUT2D eigenvalue weighted by Gasteiger charge is -2.28. The summed E-state index contributed by atoms with van der Waals surface area (Å²) in [5.41, 5.74) is 2.48. The molecule has 3 rings (SSSR count). The van der Waals surface area contributed by atoms with E-state index in [4.69, 9.17) is 9.94 Å². The number of benzene rings is 1. The minimum atomic E-state index is -1.00. The highest BCUT2D eigenvalue weighted by Gasteiger charge is 2.28. The Kier molecular flexibility index (Phi) is 5.13. The molecule has 2 heterocycles. The third kappa shape index (κ3) is 3.80. The van der Waals surface area contributed by atoms with Gasteiger partial charge in [-0.25, -0.2) is 9.45 Å². The number of aromatic nitrogens is 1. The highest BCUT2D eigenvalue weighted by Crippen LogP contribution is 2.29. The lowest BCUT2D eigenvalue weighted by molar-refractivity contribution is -0.149. The van der Waals surface area contributed by atoms with Crippen LogP contribution in [0.2, 0.25) is 0 Å². The van der Waals surface area contributed by atoms with Gasteiger partial charge in [-0.3, -0.25) is 19.4 Å². The number of pyridine rings is 1. The first-order valence-electron chi connectivity index (χ1n) is 8.12. The van der Waals surface area contributed by atoms with Crippen LogP contribution in [0.5, 0.6) is 0 Å². The number of fused-ring (bicyclic) bond motifs is 1. The molecule has 26 heavy (non-hydrogen) atoms. The van der Waals surface area contributed by atoms with E-state index in [1.165, 1.54) is 12.3 Å². The summed E-state index contributed by atoms with van der Waals surface area (Å²) in [6.07, 6.45) is 3.36. The summed E-state index contributed by atoms with van der Waals surface area (Å²) in [6, 6.07) is 4.75. The molecule has 1 aliphatic heterocycles. The van der Waals surface area contributed by atoms with Crippen molar-refractivity contribution in [1.82, 2.24) is 10.0 Å². The minimum Gasteiger partial charge on any atom is -0.481 e. The molecular weight excluding hydrogens is 341 g/mol. The molecule has 8 heteroatoms. The van der Waals surface area contributed by atoms with Gasteiger partial charge in [0.25, 0.3) is 5.91 Å². The number of amides is 1. The van der Waals surface area contributed by atoms with Crippen LogP contribution in [0.4, 0.5) is 15.8 Å². The predicted octanol–water partition coefficient (Wildman–Crippen LogP) is 2.68. The van der Waals surface area contributed by atoms with Crippen LogP contribution in [0.25, 0.3) is 0 Å². The molecule has 1 aromatic carbocycles. The number of carboxylic acid groups (broad SMARTS) is 1. The Morgan fingerprint density at radius 2 is 2.19 bits per heavy atom. The number of hydroxylamine groups is 2. The zero-order valence-electron chi connectivity index (χ0n) is 14.2. The monoisotopic (exact) mass is 359 g/mol. The van der Waals surface area contributed by atoms with Crippen molar-refractivity contribution in [1.29, 1.82) is 0 Å². The molecule has 0 atom stereocenters. The quantitative estimate of drug-likeness (QED) is 0.824. The van der Waals surface area contributed by atoms with E-state index in [9.17, 15) is 14.0 Å². The number of anilines is 2. The lowest BCUT2D eigenvalue weighted by atomic mass is 10.0. The maximum Gasteiger partial charge on any atom is 0.305 e. The normalized spacial score (nSPS) is 13.5. The molecule has 0 radical (unpaired) electrons. The molecule has 2 N–H and O–H groups in total. The van der Waals surface area contributed by atoms with Crippen molar-refractivity contribution < 1.29 is 23.9 Å². The smallest absolute Gasteiger partial charge is 0.305 e. The van der Waals surface area contributed by atoms with Crippen molar-refractivity contribution in [3.05, 3.63) is 53.1 Å². The second-order valence-electron chi connectivity index (χ2n) is 5.96. The summed E-state index contributed by atoms with van der Waals surface area (Å²) in [4.78, 5) is 32.7. The molecule has 1 amide bonds. The van der Waals surface area contributed by atoms with Crippen LogP contribution in [0.3, 0.4) is 0 Å². The molecule has 1 aromatic heterocycles. The summed E-state index contributed by atoms with van der Waals surface area (Å²) in [6.45, 7) is 1.99. The summed E-state index contributed by atoms with van der Waals surface area (Å²) >= 11 is 0. The average molecular weight is 359 g/mol. The van der Waals surface area contributed by atoms with Gasteiger partial charge in [-0.05, 0) is 36.6 Å². The molecule has 0 saturated heterocycles. The van der Waals surface area contributed by atoms with E-state index in [2.05, 4.69) is 10.3 Å². The van der Waals surface area contributed by atoms with E-state index in [0.29, 0.717) is 24.2 Å². The van der Waals surface area contributed by atoms with Crippen molar-refractivity contribution in [3.63, 3.8) is 0 Å². The van der Waals surface area contributed by atoms with Crippen LogP contribution >= 0.6 is 0 Å². The Labute approximate surface area is 149 Å².